The molecule has 32 heavy (non-hydrogen) atoms. The van der Waals surface area contributed by atoms with Crippen LogP contribution in [-0.2, 0) is 10.0 Å². The summed E-state index contributed by atoms with van der Waals surface area (Å²) in [7, 11) is -3.73. The van der Waals surface area contributed by atoms with Crippen LogP contribution in [-0.4, -0.2) is 8.42 Å². The second-order valence-corrected chi connectivity index (χ2v) is 9.44. The molecule has 4 rings (SSSR count). The van der Waals surface area contributed by atoms with Gasteiger partial charge in [0.25, 0.3) is 10.0 Å². The highest BCUT2D eigenvalue weighted by molar-refractivity contribution is 7.89. The Bertz CT molecular complexity index is 1350. The first-order valence-electron chi connectivity index (χ1n) is 10.1. The highest BCUT2D eigenvalue weighted by Crippen LogP contribution is 2.21. The molecule has 0 saturated carbocycles. The van der Waals surface area contributed by atoms with Crippen LogP contribution in [0.1, 0.15) is 11.1 Å². The highest BCUT2D eigenvalue weighted by atomic mass is 35.5. The molecule has 0 atom stereocenters. The van der Waals surface area contributed by atoms with Gasteiger partial charge >= 0.3 is 0 Å². The van der Waals surface area contributed by atoms with Crippen LogP contribution < -0.4 is 9.29 Å². The second kappa shape index (κ2) is 9.39. The van der Waals surface area contributed by atoms with E-state index in [1.807, 2.05) is 90.5 Å². The van der Waals surface area contributed by atoms with Gasteiger partial charge in [-0.1, -0.05) is 47.5 Å². The average molecular weight is 462 g/mol. The summed E-state index contributed by atoms with van der Waals surface area (Å²) in [6.07, 6.45) is 3.44. The maximum Gasteiger partial charge on any atom is 0.261 e. The molecule has 0 spiro atoms. The Morgan fingerprint density at radius 3 is 2.19 bits per heavy atom. The van der Waals surface area contributed by atoms with E-state index in [1.165, 1.54) is 6.20 Å². The number of benzene rings is 3. The van der Waals surface area contributed by atoms with Crippen molar-refractivity contribution >= 4 is 27.3 Å². The molecule has 1 N–H and O–H groups in total. The van der Waals surface area contributed by atoms with Crippen LogP contribution in [0, 0.1) is 6.92 Å². The fourth-order valence-electron chi connectivity index (χ4n) is 3.33. The smallest absolute Gasteiger partial charge is 0.261 e. The monoisotopic (exact) mass is 461 g/mol. The van der Waals surface area contributed by atoms with Gasteiger partial charge in [-0.2, -0.15) is 4.57 Å². The van der Waals surface area contributed by atoms with E-state index in [-0.39, 0.29) is 4.90 Å². The van der Waals surface area contributed by atoms with Gasteiger partial charge in [0.2, 0.25) is 11.4 Å². The SMILES string of the molecule is Cc1ccc(S(=O)(=O)N/C=C(/c2ccccc2)[n+]2ccccc2-c2ccc(Cl)cc2)cc1. The number of rotatable bonds is 6. The largest absolute Gasteiger partial charge is 0.280 e. The second-order valence-electron chi connectivity index (χ2n) is 7.29. The third-order valence-electron chi connectivity index (χ3n) is 5.01. The van der Waals surface area contributed by atoms with E-state index < -0.39 is 10.0 Å². The van der Waals surface area contributed by atoms with Gasteiger partial charge in [0.1, 0.15) is 0 Å². The molecule has 3 aromatic carbocycles. The minimum Gasteiger partial charge on any atom is -0.280 e. The zero-order valence-electron chi connectivity index (χ0n) is 17.4. The Hall–Kier alpha value is -3.41. The Morgan fingerprint density at radius 1 is 0.844 bits per heavy atom. The van der Waals surface area contributed by atoms with Gasteiger partial charge in [-0.15, -0.1) is 0 Å². The van der Waals surface area contributed by atoms with Crippen molar-refractivity contribution in [2.45, 2.75) is 11.8 Å². The number of halogens is 1. The number of nitrogens with zero attached hydrogens (tertiary/aromatic N) is 1. The van der Waals surface area contributed by atoms with E-state index >= 15 is 0 Å². The molecule has 0 bridgehead atoms. The van der Waals surface area contributed by atoms with Crippen molar-refractivity contribution < 1.29 is 13.0 Å². The minimum absolute atomic E-state index is 0.211. The van der Waals surface area contributed by atoms with E-state index in [0.717, 1.165) is 22.4 Å². The molecular formula is C26H22ClN2O2S+. The quantitative estimate of drug-likeness (QED) is 0.389. The molecule has 4 aromatic rings. The molecule has 160 valence electrons. The number of hydrogen-bond donors (Lipinski definition) is 1. The first kappa shape index (κ1) is 21.8. The van der Waals surface area contributed by atoms with Crippen molar-refractivity contribution in [3.8, 4) is 11.3 Å². The molecule has 0 unspecified atom stereocenters. The Labute approximate surface area is 193 Å². The lowest BCUT2D eigenvalue weighted by Crippen LogP contribution is -2.36. The van der Waals surface area contributed by atoms with Crippen LogP contribution in [0.5, 0.6) is 0 Å². The number of aryl methyl sites for hydroxylation is 1. The molecule has 0 radical (unpaired) electrons. The number of sulfonamides is 1. The summed E-state index contributed by atoms with van der Waals surface area (Å²) >= 11 is 6.07. The molecule has 0 aliphatic carbocycles. The van der Waals surface area contributed by atoms with Crippen LogP contribution in [0.2, 0.25) is 5.02 Å². The predicted octanol–water partition coefficient (Wildman–Crippen LogP) is 5.43. The summed E-state index contributed by atoms with van der Waals surface area (Å²) in [5, 5.41) is 0.654. The minimum atomic E-state index is -3.73. The topological polar surface area (TPSA) is 50.1 Å². The van der Waals surface area contributed by atoms with Gasteiger partial charge in [-0.25, -0.2) is 8.42 Å². The number of aromatic nitrogens is 1. The van der Waals surface area contributed by atoms with Gasteiger partial charge in [-0.3, -0.25) is 4.72 Å². The molecular weight excluding hydrogens is 440 g/mol. The normalized spacial score (nSPS) is 11.9. The summed E-state index contributed by atoms with van der Waals surface area (Å²) in [4.78, 5) is 0.211. The van der Waals surface area contributed by atoms with Crippen molar-refractivity contribution in [3.05, 3.63) is 126 Å². The van der Waals surface area contributed by atoms with Crippen molar-refractivity contribution in [3.63, 3.8) is 0 Å². The Kier molecular flexibility index (Phi) is 6.40. The zero-order valence-corrected chi connectivity index (χ0v) is 19.0. The molecule has 0 aliphatic heterocycles. The van der Waals surface area contributed by atoms with E-state index in [0.29, 0.717) is 10.7 Å². The highest BCUT2D eigenvalue weighted by Gasteiger charge is 2.21. The molecule has 0 saturated heterocycles. The summed E-state index contributed by atoms with van der Waals surface area (Å²) in [6, 6.07) is 29.8. The Morgan fingerprint density at radius 2 is 1.50 bits per heavy atom. The van der Waals surface area contributed by atoms with Crippen molar-refractivity contribution in [1.82, 2.24) is 4.72 Å². The molecule has 6 heteroatoms. The predicted molar refractivity (Wildman–Crippen MR) is 128 cm³/mol. The van der Waals surface area contributed by atoms with Gasteiger partial charge in [-0.05, 0) is 61.5 Å². The number of hydrogen-bond acceptors (Lipinski definition) is 2. The van der Waals surface area contributed by atoms with Crippen LogP contribution in [0.25, 0.3) is 17.0 Å². The van der Waals surface area contributed by atoms with Gasteiger partial charge < -0.3 is 0 Å². The van der Waals surface area contributed by atoms with Crippen LogP contribution in [0.4, 0.5) is 0 Å². The van der Waals surface area contributed by atoms with Crippen LogP contribution >= 0.6 is 11.6 Å². The third kappa shape index (κ3) is 4.90. The van der Waals surface area contributed by atoms with Crippen molar-refractivity contribution in [2.75, 3.05) is 0 Å². The Balaban J connectivity index is 1.81. The summed E-state index contributed by atoms with van der Waals surface area (Å²) in [5.74, 6) is 0. The molecule has 0 amide bonds. The first-order chi connectivity index (χ1) is 15.4. The lowest BCUT2D eigenvalue weighted by atomic mass is 10.1. The van der Waals surface area contributed by atoms with Crippen LogP contribution in [0.15, 0.2) is 114 Å². The molecule has 1 aromatic heterocycles. The van der Waals surface area contributed by atoms with Gasteiger partial charge in [0.05, 0.1) is 11.1 Å². The first-order valence-corrected chi connectivity index (χ1v) is 11.9. The summed E-state index contributed by atoms with van der Waals surface area (Å²) in [6.45, 7) is 1.92. The fourth-order valence-corrected chi connectivity index (χ4v) is 4.35. The average Bonchev–Trinajstić information content (AvgIpc) is 2.81. The maximum absolute atomic E-state index is 12.9. The van der Waals surface area contributed by atoms with Crippen molar-refractivity contribution in [2.24, 2.45) is 0 Å². The van der Waals surface area contributed by atoms with Crippen LogP contribution in [0.3, 0.4) is 0 Å². The fraction of sp³-hybridized carbons (Fsp3) is 0.0385. The van der Waals surface area contributed by atoms with Gasteiger partial charge in [0.15, 0.2) is 6.20 Å². The lowest BCUT2D eigenvalue weighted by Gasteiger charge is -2.09. The third-order valence-corrected chi connectivity index (χ3v) is 6.58. The lowest BCUT2D eigenvalue weighted by molar-refractivity contribution is -0.567. The van der Waals surface area contributed by atoms with E-state index in [2.05, 4.69) is 4.72 Å². The molecule has 0 aliphatic rings. The zero-order chi connectivity index (χ0) is 22.6. The maximum atomic E-state index is 12.9. The van der Waals surface area contributed by atoms with E-state index in [1.54, 1.807) is 24.3 Å². The van der Waals surface area contributed by atoms with Crippen molar-refractivity contribution in [1.29, 1.82) is 0 Å². The van der Waals surface area contributed by atoms with E-state index in [9.17, 15) is 8.42 Å². The summed E-state index contributed by atoms with van der Waals surface area (Å²) < 4.78 is 30.4. The molecule has 4 nitrogen and oxygen atoms in total. The van der Waals surface area contributed by atoms with E-state index in [4.69, 9.17) is 11.6 Å². The number of pyridine rings is 1. The van der Waals surface area contributed by atoms with Gasteiger partial charge in [0, 0.05) is 28.3 Å². The standard InChI is InChI=1S/C26H22ClN2O2S/c1-20-10-16-24(17-11-20)32(30,31)28-19-26(21-7-3-2-4-8-21)29-18-6-5-9-25(29)22-12-14-23(27)15-13-22/h2-19,28H,1H3/q+1/b26-19-. The number of nitrogens with one attached hydrogen (secondary N) is 1. The molecule has 0 fully saturated rings. The summed E-state index contributed by atoms with van der Waals surface area (Å²) in [5.41, 5.74) is 4.40. The molecule has 1 heterocycles.